The molecule has 0 bridgehead atoms. The Bertz CT molecular complexity index is 611. The highest BCUT2D eigenvalue weighted by Gasteiger charge is 2.07. The topological polar surface area (TPSA) is 25.2 Å². The largest absolute Gasteiger partial charge is 0.318 e. The number of hydrogen-bond donors (Lipinski definition) is 0. The maximum absolute atomic E-state index is 12.0. The van der Waals surface area contributed by atoms with Crippen molar-refractivity contribution in [1.29, 1.82) is 0 Å². The van der Waals surface area contributed by atoms with E-state index in [0.717, 1.165) is 17.3 Å². The quantitative estimate of drug-likeness (QED) is 0.787. The first-order valence-corrected chi connectivity index (χ1v) is 5.72. The van der Waals surface area contributed by atoms with E-state index in [1.54, 1.807) is 11.6 Å². The predicted molar refractivity (Wildman–Crippen MR) is 71.3 cm³/mol. The predicted octanol–water partition coefficient (Wildman–Crippen LogP) is 1.91. The van der Waals surface area contributed by atoms with Crippen molar-refractivity contribution in [3.63, 3.8) is 0 Å². The van der Waals surface area contributed by atoms with Crippen LogP contribution in [0.5, 0.6) is 0 Å². The van der Waals surface area contributed by atoms with Gasteiger partial charge in [-0.1, -0.05) is 17.7 Å². The highest BCUT2D eigenvalue weighted by atomic mass is 16.1. The minimum atomic E-state index is 0.0718. The van der Waals surface area contributed by atoms with Crippen LogP contribution in [0.25, 0.3) is 10.8 Å². The number of benzene rings is 1. The summed E-state index contributed by atoms with van der Waals surface area (Å²) in [6, 6.07) is 6.00. The number of aryl methyl sites for hydroxylation is 2. The van der Waals surface area contributed by atoms with Gasteiger partial charge in [-0.15, -0.1) is 0 Å². The first-order valence-electron chi connectivity index (χ1n) is 5.72. The minimum absolute atomic E-state index is 0.0718. The van der Waals surface area contributed by atoms with Gasteiger partial charge in [0.2, 0.25) is 0 Å². The number of rotatable bonds is 2. The van der Waals surface area contributed by atoms with Gasteiger partial charge in [0, 0.05) is 25.2 Å². The number of nitrogens with zero attached hydrogens (tertiary/aromatic N) is 2. The number of pyridine rings is 1. The van der Waals surface area contributed by atoms with E-state index in [-0.39, 0.29) is 5.56 Å². The van der Waals surface area contributed by atoms with Gasteiger partial charge in [0.15, 0.2) is 0 Å². The summed E-state index contributed by atoms with van der Waals surface area (Å²) in [6.45, 7) is 2.89. The molecule has 0 aliphatic carbocycles. The molecule has 0 saturated carbocycles. The molecule has 2 aromatic rings. The molecule has 0 fully saturated rings. The molecule has 1 aromatic carbocycles. The van der Waals surface area contributed by atoms with Gasteiger partial charge in [-0.25, -0.2) is 0 Å². The van der Waals surface area contributed by atoms with Gasteiger partial charge >= 0.3 is 0 Å². The number of hydrogen-bond acceptors (Lipinski definition) is 2. The van der Waals surface area contributed by atoms with Crippen LogP contribution < -0.4 is 5.56 Å². The molecule has 0 amide bonds. The van der Waals surface area contributed by atoms with Gasteiger partial charge in [0.1, 0.15) is 0 Å². The summed E-state index contributed by atoms with van der Waals surface area (Å²) >= 11 is 0. The standard InChI is InChI=1S/C14H18N2O/c1-10-5-6-12-13(7-10)11(8-15(2)3)9-16(4)14(12)17/h5-7,9H,8H2,1-4H3. The zero-order chi connectivity index (χ0) is 12.6. The summed E-state index contributed by atoms with van der Waals surface area (Å²) < 4.78 is 1.66. The lowest BCUT2D eigenvalue weighted by molar-refractivity contribution is 0.403. The van der Waals surface area contributed by atoms with Crippen LogP contribution in [0.3, 0.4) is 0 Å². The molecule has 1 heterocycles. The summed E-state index contributed by atoms with van der Waals surface area (Å²) in [4.78, 5) is 14.1. The third-order valence-electron chi connectivity index (χ3n) is 2.91. The van der Waals surface area contributed by atoms with E-state index >= 15 is 0 Å². The van der Waals surface area contributed by atoms with Gasteiger partial charge in [-0.3, -0.25) is 4.79 Å². The molecule has 17 heavy (non-hydrogen) atoms. The molecule has 1 aromatic heterocycles. The Kier molecular flexibility index (Phi) is 3.03. The van der Waals surface area contributed by atoms with Crippen LogP contribution in [-0.2, 0) is 13.6 Å². The first kappa shape index (κ1) is 11.9. The minimum Gasteiger partial charge on any atom is -0.318 e. The van der Waals surface area contributed by atoms with Gasteiger partial charge in [-0.05, 0) is 38.0 Å². The summed E-state index contributed by atoms with van der Waals surface area (Å²) in [5, 5.41) is 1.87. The molecule has 3 nitrogen and oxygen atoms in total. The van der Waals surface area contributed by atoms with E-state index in [2.05, 4.69) is 17.9 Å². The first-order chi connectivity index (χ1) is 7.99. The molecule has 0 aliphatic rings. The fraction of sp³-hybridized carbons (Fsp3) is 0.357. The second kappa shape index (κ2) is 4.34. The summed E-state index contributed by atoms with van der Waals surface area (Å²) in [7, 11) is 5.88. The lowest BCUT2D eigenvalue weighted by Crippen LogP contribution is -2.20. The third kappa shape index (κ3) is 2.24. The number of aromatic nitrogens is 1. The maximum Gasteiger partial charge on any atom is 0.258 e. The van der Waals surface area contributed by atoms with E-state index in [1.165, 1.54) is 11.1 Å². The molecule has 0 aliphatic heterocycles. The zero-order valence-corrected chi connectivity index (χ0v) is 10.8. The van der Waals surface area contributed by atoms with Crippen molar-refractivity contribution in [2.75, 3.05) is 14.1 Å². The van der Waals surface area contributed by atoms with E-state index in [0.29, 0.717) is 0 Å². The Hall–Kier alpha value is -1.61. The van der Waals surface area contributed by atoms with Crippen LogP contribution >= 0.6 is 0 Å². The van der Waals surface area contributed by atoms with Crippen molar-refractivity contribution in [3.05, 3.63) is 45.9 Å². The molecule has 3 heteroatoms. The van der Waals surface area contributed by atoms with E-state index in [1.807, 2.05) is 32.4 Å². The second-order valence-corrected chi connectivity index (χ2v) is 4.86. The van der Waals surface area contributed by atoms with E-state index < -0.39 is 0 Å². The van der Waals surface area contributed by atoms with Crippen LogP contribution in [0, 0.1) is 6.92 Å². The van der Waals surface area contributed by atoms with E-state index in [9.17, 15) is 4.79 Å². The highest BCUT2D eigenvalue weighted by molar-refractivity contribution is 5.85. The molecule has 0 saturated heterocycles. The average molecular weight is 230 g/mol. The monoisotopic (exact) mass is 230 g/mol. The maximum atomic E-state index is 12.0. The molecule has 0 atom stereocenters. The van der Waals surface area contributed by atoms with Crippen molar-refractivity contribution in [3.8, 4) is 0 Å². The Labute approximate surface area is 101 Å². The Morgan fingerprint density at radius 3 is 2.59 bits per heavy atom. The molecule has 0 N–H and O–H groups in total. The molecule has 2 rings (SSSR count). The second-order valence-electron chi connectivity index (χ2n) is 4.86. The lowest BCUT2D eigenvalue weighted by atomic mass is 10.0. The summed E-state index contributed by atoms with van der Waals surface area (Å²) in [6.07, 6.45) is 1.93. The van der Waals surface area contributed by atoms with Crippen LogP contribution in [-0.4, -0.2) is 23.6 Å². The van der Waals surface area contributed by atoms with Gasteiger partial charge in [0.25, 0.3) is 5.56 Å². The van der Waals surface area contributed by atoms with Crippen LogP contribution in [0.15, 0.2) is 29.2 Å². The van der Waals surface area contributed by atoms with Crippen molar-refractivity contribution in [2.45, 2.75) is 13.5 Å². The van der Waals surface area contributed by atoms with Gasteiger partial charge in [-0.2, -0.15) is 0 Å². The van der Waals surface area contributed by atoms with Gasteiger partial charge in [0.05, 0.1) is 0 Å². The van der Waals surface area contributed by atoms with Crippen LogP contribution in [0.2, 0.25) is 0 Å². The van der Waals surface area contributed by atoms with Crippen molar-refractivity contribution >= 4 is 10.8 Å². The Morgan fingerprint density at radius 1 is 1.24 bits per heavy atom. The molecule has 0 radical (unpaired) electrons. The van der Waals surface area contributed by atoms with Crippen LogP contribution in [0.1, 0.15) is 11.1 Å². The molecular formula is C14H18N2O. The molecular weight excluding hydrogens is 212 g/mol. The fourth-order valence-electron chi connectivity index (χ4n) is 2.13. The van der Waals surface area contributed by atoms with Gasteiger partial charge < -0.3 is 9.47 Å². The van der Waals surface area contributed by atoms with Crippen molar-refractivity contribution in [2.24, 2.45) is 7.05 Å². The normalized spacial score (nSPS) is 11.4. The smallest absolute Gasteiger partial charge is 0.258 e. The molecule has 90 valence electrons. The summed E-state index contributed by atoms with van der Waals surface area (Å²) in [5.41, 5.74) is 2.45. The number of fused-ring (bicyclic) bond motifs is 1. The average Bonchev–Trinajstić information content (AvgIpc) is 2.25. The van der Waals surface area contributed by atoms with Crippen molar-refractivity contribution in [1.82, 2.24) is 9.47 Å². The molecule has 0 unspecified atom stereocenters. The zero-order valence-electron chi connectivity index (χ0n) is 10.8. The summed E-state index contributed by atoms with van der Waals surface area (Å²) in [5.74, 6) is 0. The molecule has 0 spiro atoms. The fourth-order valence-corrected chi connectivity index (χ4v) is 2.13. The highest BCUT2D eigenvalue weighted by Crippen LogP contribution is 2.18. The van der Waals surface area contributed by atoms with E-state index in [4.69, 9.17) is 0 Å². The third-order valence-corrected chi connectivity index (χ3v) is 2.91. The lowest BCUT2D eigenvalue weighted by Gasteiger charge is -2.14. The Balaban J connectivity index is 2.78. The Morgan fingerprint density at radius 2 is 1.94 bits per heavy atom. The van der Waals surface area contributed by atoms with Crippen LogP contribution in [0.4, 0.5) is 0 Å². The SMILES string of the molecule is Cc1ccc2c(=O)n(C)cc(CN(C)C)c2c1. The van der Waals surface area contributed by atoms with Crippen molar-refractivity contribution < 1.29 is 0 Å².